The number of nitrogens with one attached hydrogen (secondary N) is 1. The number of halogens is 2. The molecule has 1 aromatic carbocycles. The molecule has 0 atom stereocenters. The van der Waals surface area contributed by atoms with Gasteiger partial charge in [0.25, 0.3) is 5.91 Å². The topological polar surface area (TPSA) is 51.1 Å². The van der Waals surface area contributed by atoms with Crippen LogP contribution >= 0.6 is 23.2 Å². The van der Waals surface area contributed by atoms with Crippen molar-refractivity contribution in [1.82, 2.24) is 4.68 Å². The van der Waals surface area contributed by atoms with Crippen molar-refractivity contribution < 1.29 is 9.59 Å². The van der Waals surface area contributed by atoms with Gasteiger partial charge in [-0.2, -0.15) is 0 Å². The first-order chi connectivity index (χ1) is 9.43. The van der Waals surface area contributed by atoms with Crippen LogP contribution in [0, 0.1) is 13.8 Å². The van der Waals surface area contributed by atoms with E-state index in [-0.39, 0.29) is 10.9 Å². The Morgan fingerprint density at radius 2 is 1.95 bits per heavy atom. The summed E-state index contributed by atoms with van der Waals surface area (Å²) in [5, 5.41) is 0.733. The van der Waals surface area contributed by atoms with Crippen molar-refractivity contribution in [2.75, 3.05) is 5.43 Å². The Morgan fingerprint density at radius 3 is 2.50 bits per heavy atom. The van der Waals surface area contributed by atoms with Crippen LogP contribution in [-0.2, 0) is 0 Å². The Bertz CT molecular complexity index is 693. The van der Waals surface area contributed by atoms with Crippen molar-refractivity contribution in [3.63, 3.8) is 0 Å². The highest BCUT2D eigenvalue weighted by molar-refractivity contribution is 6.37. The highest BCUT2D eigenvalue weighted by atomic mass is 35.5. The first-order valence-corrected chi connectivity index (χ1v) is 6.60. The van der Waals surface area contributed by atoms with Gasteiger partial charge in [-0.15, -0.1) is 0 Å². The lowest BCUT2D eigenvalue weighted by atomic mass is 10.2. The van der Waals surface area contributed by atoms with Gasteiger partial charge in [0.2, 0.25) is 0 Å². The highest BCUT2D eigenvalue weighted by Crippen LogP contribution is 2.21. The lowest BCUT2D eigenvalue weighted by Gasteiger charge is -2.12. The second-order valence-corrected chi connectivity index (χ2v) is 5.19. The maximum atomic E-state index is 12.2. The van der Waals surface area contributed by atoms with Gasteiger partial charge in [-0.3, -0.25) is 19.7 Å². The maximum absolute atomic E-state index is 12.2. The number of rotatable bonds is 3. The number of aryl methyl sites for hydroxylation is 1. The van der Waals surface area contributed by atoms with Gasteiger partial charge >= 0.3 is 0 Å². The molecule has 20 heavy (non-hydrogen) atoms. The molecule has 1 aromatic heterocycles. The number of carbonyl (C=O) groups excluding carboxylic acids is 2. The van der Waals surface area contributed by atoms with E-state index in [2.05, 4.69) is 5.43 Å². The minimum Gasteiger partial charge on any atom is -0.298 e. The van der Waals surface area contributed by atoms with E-state index in [1.54, 1.807) is 36.7 Å². The summed E-state index contributed by atoms with van der Waals surface area (Å²) in [6.45, 7) is 3.55. The molecule has 104 valence electrons. The molecule has 2 rings (SSSR count). The zero-order valence-corrected chi connectivity index (χ0v) is 12.4. The van der Waals surface area contributed by atoms with Crippen molar-refractivity contribution in [2.24, 2.45) is 0 Å². The third-order valence-electron chi connectivity index (χ3n) is 2.99. The van der Waals surface area contributed by atoms with E-state index < -0.39 is 0 Å². The van der Waals surface area contributed by atoms with E-state index in [0.29, 0.717) is 21.8 Å². The molecule has 0 spiro atoms. The monoisotopic (exact) mass is 310 g/mol. The Morgan fingerprint density at radius 1 is 1.25 bits per heavy atom. The molecule has 0 fully saturated rings. The minimum absolute atomic E-state index is 0.271. The molecule has 0 saturated heterocycles. The lowest BCUT2D eigenvalue weighted by Crippen LogP contribution is -2.25. The summed E-state index contributed by atoms with van der Waals surface area (Å²) in [4.78, 5) is 23.1. The second-order valence-electron chi connectivity index (χ2n) is 4.34. The number of carbonyl (C=O) groups is 2. The van der Waals surface area contributed by atoms with Crippen LogP contribution in [-0.4, -0.2) is 16.9 Å². The molecule has 0 unspecified atom stereocenters. The van der Waals surface area contributed by atoms with E-state index in [0.717, 1.165) is 12.0 Å². The van der Waals surface area contributed by atoms with Gasteiger partial charge in [-0.1, -0.05) is 23.2 Å². The Balaban J connectivity index is 2.32. The van der Waals surface area contributed by atoms with Crippen LogP contribution in [0.25, 0.3) is 0 Å². The van der Waals surface area contributed by atoms with Crippen LogP contribution < -0.4 is 5.43 Å². The summed E-state index contributed by atoms with van der Waals surface area (Å²) in [6, 6.07) is 6.35. The molecule has 4 nitrogen and oxygen atoms in total. The second kappa shape index (κ2) is 5.69. The zero-order valence-electron chi connectivity index (χ0n) is 10.9. The lowest BCUT2D eigenvalue weighted by molar-refractivity contribution is 0.101. The molecule has 0 aliphatic carbocycles. The van der Waals surface area contributed by atoms with Crippen molar-refractivity contribution in [3.05, 3.63) is 56.8 Å². The number of benzene rings is 1. The summed E-state index contributed by atoms with van der Waals surface area (Å²) in [6.07, 6.45) is 0.750. The van der Waals surface area contributed by atoms with Gasteiger partial charge in [0.1, 0.15) is 0 Å². The zero-order chi connectivity index (χ0) is 14.9. The van der Waals surface area contributed by atoms with Crippen molar-refractivity contribution in [3.8, 4) is 0 Å². The average Bonchev–Trinajstić information content (AvgIpc) is 2.66. The summed E-state index contributed by atoms with van der Waals surface area (Å²) >= 11 is 11.8. The molecular weight excluding hydrogens is 299 g/mol. The fraction of sp³-hybridized carbons (Fsp3) is 0.143. The van der Waals surface area contributed by atoms with Crippen molar-refractivity contribution in [2.45, 2.75) is 13.8 Å². The fourth-order valence-electron chi connectivity index (χ4n) is 1.91. The van der Waals surface area contributed by atoms with Crippen LogP contribution in [0.1, 0.15) is 32.1 Å². The van der Waals surface area contributed by atoms with Gasteiger partial charge < -0.3 is 0 Å². The largest absolute Gasteiger partial charge is 0.298 e. The molecule has 0 saturated carbocycles. The number of amides is 1. The standard InChI is InChI=1S/C14H12Cl2N2O2/c1-8-5-10(7-19)9(2)18(8)17-14(20)12-4-3-11(15)6-13(12)16/h3-7H,1-2H3,(H,17,20). The van der Waals surface area contributed by atoms with E-state index >= 15 is 0 Å². The van der Waals surface area contributed by atoms with Gasteiger partial charge in [0.05, 0.1) is 10.6 Å². The number of hydrogen-bond acceptors (Lipinski definition) is 2. The Kier molecular flexibility index (Phi) is 4.16. The number of nitrogens with zero attached hydrogens (tertiary/aromatic N) is 1. The van der Waals surface area contributed by atoms with E-state index in [1.807, 2.05) is 0 Å². The molecule has 1 heterocycles. The van der Waals surface area contributed by atoms with Crippen molar-refractivity contribution >= 4 is 35.4 Å². The summed E-state index contributed by atoms with van der Waals surface area (Å²) in [5.41, 5.74) is 4.97. The third-order valence-corrected chi connectivity index (χ3v) is 3.53. The Labute approximate surface area is 126 Å². The molecule has 0 aliphatic heterocycles. The first kappa shape index (κ1) is 14.6. The third kappa shape index (κ3) is 2.71. The number of hydrogen-bond donors (Lipinski definition) is 1. The van der Waals surface area contributed by atoms with Gasteiger partial charge in [0, 0.05) is 22.0 Å². The van der Waals surface area contributed by atoms with E-state index in [9.17, 15) is 9.59 Å². The van der Waals surface area contributed by atoms with Crippen LogP contribution in [0.4, 0.5) is 0 Å². The van der Waals surface area contributed by atoms with E-state index in [4.69, 9.17) is 23.2 Å². The summed E-state index contributed by atoms with van der Waals surface area (Å²) < 4.78 is 1.55. The molecule has 6 heteroatoms. The predicted octanol–water partition coefficient (Wildman–Crippen LogP) is 3.61. The van der Waals surface area contributed by atoms with Gasteiger partial charge in [-0.05, 0) is 38.1 Å². The van der Waals surface area contributed by atoms with Crippen LogP contribution in [0.5, 0.6) is 0 Å². The first-order valence-electron chi connectivity index (χ1n) is 5.84. The molecular formula is C14H12Cl2N2O2. The molecule has 2 aromatic rings. The van der Waals surface area contributed by atoms with Crippen LogP contribution in [0.2, 0.25) is 10.0 Å². The van der Waals surface area contributed by atoms with Crippen molar-refractivity contribution in [1.29, 1.82) is 0 Å². The predicted molar refractivity (Wildman–Crippen MR) is 79.4 cm³/mol. The molecule has 0 radical (unpaired) electrons. The number of aromatic nitrogens is 1. The Hall–Kier alpha value is -1.78. The fourth-order valence-corrected chi connectivity index (χ4v) is 2.41. The molecule has 1 N–H and O–H groups in total. The van der Waals surface area contributed by atoms with E-state index in [1.165, 1.54) is 6.07 Å². The minimum atomic E-state index is -0.370. The smallest absolute Gasteiger partial charge is 0.271 e. The summed E-state index contributed by atoms with van der Waals surface area (Å²) in [5.74, 6) is -0.370. The molecule has 0 bridgehead atoms. The molecule has 1 amide bonds. The average molecular weight is 311 g/mol. The quantitative estimate of drug-likeness (QED) is 0.880. The SMILES string of the molecule is Cc1cc(C=O)c(C)n1NC(=O)c1ccc(Cl)cc1Cl. The molecule has 0 aliphatic rings. The van der Waals surface area contributed by atoms with Gasteiger partial charge in [0.15, 0.2) is 6.29 Å². The maximum Gasteiger partial charge on any atom is 0.271 e. The van der Waals surface area contributed by atoms with Crippen LogP contribution in [0.15, 0.2) is 24.3 Å². The normalized spacial score (nSPS) is 10.4. The summed E-state index contributed by atoms with van der Waals surface area (Å²) in [7, 11) is 0. The number of aldehydes is 1. The highest BCUT2D eigenvalue weighted by Gasteiger charge is 2.14. The van der Waals surface area contributed by atoms with Gasteiger partial charge in [-0.25, -0.2) is 0 Å². The van der Waals surface area contributed by atoms with Crippen LogP contribution in [0.3, 0.4) is 0 Å².